The van der Waals surface area contributed by atoms with Gasteiger partial charge in [0.2, 0.25) is 0 Å². The number of hydrogen-bond acceptors (Lipinski definition) is 0. The summed E-state index contributed by atoms with van der Waals surface area (Å²) in [5, 5.41) is 2.70. The molecule has 0 atom stereocenters. The lowest BCUT2D eigenvalue weighted by atomic mass is 9.67. The van der Waals surface area contributed by atoms with E-state index in [0.29, 0.717) is 0 Å². The molecule has 0 aromatic heterocycles. The van der Waals surface area contributed by atoms with E-state index in [1.54, 1.807) is 0 Å². The average molecular weight is 1090 g/mol. The Balaban J connectivity index is 0.000000114. The largest absolute Gasteiger partial charge is 0.107 e. The summed E-state index contributed by atoms with van der Waals surface area (Å²) in [6, 6.07) is 95.2. The molecule has 0 saturated carbocycles. The molecule has 11 aliphatic rings. The normalized spacial score (nSPS) is 14.8. The van der Waals surface area contributed by atoms with E-state index in [0.717, 1.165) is 25.7 Å². The van der Waals surface area contributed by atoms with Crippen molar-refractivity contribution in [2.24, 2.45) is 0 Å². The Labute approximate surface area is 467 Å². The molecule has 11 aromatic rings. The first-order chi connectivity index (χ1) is 36.9. The van der Waals surface area contributed by atoms with Crippen molar-refractivity contribution in [2.75, 3.05) is 0 Å². The topological polar surface area (TPSA) is 0 Å². The molecule has 11 aromatic carbocycles. The molecule has 0 saturated heterocycles. The van der Waals surface area contributed by atoms with Gasteiger partial charge in [-0.15, -0.1) is 24.0 Å². The van der Waals surface area contributed by atoms with Crippen molar-refractivity contribution in [3.8, 4) is 33.4 Å². The van der Waals surface area contributed by atoms with Crippen LogP contribution >= 0.6 is 24.0 Å². The van der Waals surface area contributed by atoms with Crippen molar-refractivity contribution in [3.63, 3.8) is 0 Å². The second-order valence-electron chi connectivity index (χ2n) is 21.3. The lowest BCUT2D eigenvalue weighted by Crippen LogP contribution is -2.28. The molecule has 1 heteroatoms. The first-order valence-electron chi connectivity index (χ1n) is 27.3. The monoisotopic (exact) mass is 1090 g/mol. The molecule has 0 radical (unpaired) electrons. The zero-order chi connectivity index (χ0) is 50.7. The van der Waals surface area contributed by atoms with Crippen molar-refractivity contribution in [2.45, 2.75) is 69.6 Å². The van der Waals surface area contributed by atoms with E-state index < -0.39 is 0 Å². The molecule has 0 N–H and O–H groups in total. The van der Waals surface area contributed by atoms with Gasteiger partial charge >= 0.3 is 0 Å². The Kier molecular flexibility index (Phi) is 12.9. The maximum Gasteiger partial charge on any atom is 0.0713 e. The predicted molar refractivity (Wildman–Crippen MR) is 331 cm³/mol. The van der Waals surface area contributed by atoms with Crippen molar-refractivity contribution in [1.82, 2.24) is 0 Å². The Morgan fingerprint density at radius 2 is 0.553 bits per heavy atom. The predicted octanol–water partition coefficient (Wildman–Crippen LogP) is 19.1. The van der Waals surface area contributed by atoms with E-state index in [9.17, 15) is 0 Å². The Bertz CT molecular complexity index is 3530. The van der Waals surface area contributed by atoms with Crippen molar-refractivity contribution in [3.05, 3.63) is 333 Å². The first-order valence-corrected chi connectivity index (χ1v) is 27.3. The molecule has 76 heavy (non-hydrogen) atoms. The molecule has 0 amide bonds. The lowest BCUT2D eigenvalue weighted by molar-refractivity contribution is 0.661. The zero-order valence-electron chi connectivity index (χ0n) is 44.0. The van der Waals surface area contributed by atoms with Gasteiger partial charge in [-0.3, -0.25) is 0 Å². The Morgan fingerprint density at radius 3 is 0.908 bits per heavy atom. The van der Waals surface area contributed by atoms with Crippen LogP contribution in [0.15, 0.2) is 255 Å². The minimum absolute atomic E-state index is 0. The van der Waals surface area contributed by atoms with Crippen LogP contribution in [0.3, 0.4) is 0 Å². The van der Waals surface area contributed by atoms with Gasteiger partial charge < -0.3 is 0 Å². The first kappa shape index (κ1) is 49.3. The van der Waals surface area contributed by atoms with Gasteiger partial charge in [-0.1, -0.05) is 282 Å². The highest BCUT2D eigenvalue weighted by molar-refractivity contribution is 14.0. The second-order valence-corrected chi connectivity index (χ2v) is 21.3. The van der Waals surface area contributed by atoms with Gasteiger partial charge in [0.25, 0.3) is 0 Å². The van der Waals surface area contributed by atoms with Crippen LogP contribution < -0.4 is 0 Å². The molecule has 22 rings (SSSR count). The third kappa shape index (κ3) is 7.60. The smallest absolute Gasteiger partial charge is 0.0713 e. The van der Waals surface area contributed by atoms with E-state index in [-0.39, 0.29) is 40.2 Å². The fourth-order valence-electron chi connectivity index (χ4n) is 13.8. The number of benzene rings is 11. The zero-order valence-corrected chi connectivity index (χ0v) is 46.3. The van der Waals surface area contributed by atoms with Crippen LogP contribution in [0.25, 0.3) is 44.2 Å². The van der Waals surface area contributed by atoms with Gasteiger partial charge in [0.05, 0.1) is 10.8 Å². The summed E-state index contributed by atoms with van der Waals surface area (Å²) in [6.07, 6.45) is 4.39. The number of halogens is 1. The van der Waals surface area contributed by atoms with Gasteiger partial charge in [0, 0.05) is 5.41 Å². The standard InChI is InChI=1S/2C27H20.C19H16.C2H6.HI/c2*1-3-7-25-23(5-1)24-6-2-4-8-26(24)27(25)21-15-11-19(12-16-21)9-10-20-13-17-22(27)18-14-20;1-19(2)16-10-6-5-9-15(16)18-14-8-4-3-7-13(14)11-12-17(18)19;1-2;/h2*1-8,11-18H,9-10H2;3-12H,1-2H3;1-2H3;1H. The SMILES string of the molecule is CC.CC1(C)c2ccccc2-c2c1ccc1ccccc21.I.c1ccc2c(c1)-c1ccccc1C21c2ccc(cc2)CCc2ccc1cc2.c1ccc2c(c1)-c1ccccc1C21c2ccc(cc2)CCc2ccc1cc2. The molecule has 11 aliphatic carbocycles. The van der Waals surface area contributed by atoms with E-state index in [4.69, 9.17) is 0 Å². The molecule has 370 valence electrons. The summed E-state index contributed by atoms with van der Waals surface area (Å²) in [6.45, 7) is 8.65. The molecule has 0 unspecified atom stereocenters. The molecule has 2 spiro atoms. The van der Waals surface area contributed by atoms with Crippen molar-refractivity contribution < 1.29 is 0 Å². The van der Waals surface area contributed by atoms with Crippen molar-refractivity contribution >= 4 is 34.7 Å². The minimum atomic E-state index is -0.241. The van der Waals surface area contributed by atoms with Crippen LogP contribution in [0, 0.1) is 0 Å². The molecule has 0 nitrogen and oxygen atoms in total. The summed E-state index contributed by atoms with van der Waals surface area (Å²) in [4.78, 5) is 0. The van der Waals surface area contributed by atoms with Gasteiger partial charge in [-0.05, 0) is 148 Å². The highest BCUT2D eigenvalue weighted by Crippen LogP contribution is 2.58. The van der Waals surface area contributed by atoms with Crippen LogP contribution in [0.5, 0.6) is 0 Å². The molecule has 0 fully saturated rings. The minimum Gasteiger partial charge on any atom is -0.107 e. The number of hydrogen-bond donors (Lipinski definition) is 0. The second kappa shape index (κ2) is 19.8. The van der Waals surface area contributed by atoms with Crippen LogP contribution in [0.4, 0.5) is 0 Å². The number of rotatable bonds is 0. The van der Waals surface area contributed by atoms with Crippen LogP contribution in [0.2, 0.25) is 0 Å². The molecule has 8 bridgehead atoms. The van der Waals surface area contributed by atoms with Crippen LogP contribution in [-0.2, 0) is 41.9 Å². The molecular formula is C75H63I. The highest BCUT2D eigenvalue weighted by Gasteiger charge is 2.47. The number of aryl methyl sites for hydroxylation is 4. The summed E-state index contributed by atoms with van der Waals surface area (Å²) in [7, 11) is 0. The van der Waals surface area contributed by atoms with Crippen LogP contribution in [-0.4, -0.2) is 0 Å². The van der Waals surface area contributed by atoms with E-state index >= 15 is 0 Å². The third-order valence-electron chi connectivity index (χ3n) is 17.3. The highest BCUT2D eigenvalue weighted by atomic mass is 127. The number of fused-ring (bicyclic) bond motifs is 11. The summed E-state index contributed by atoms with van der Waals surface area (Å²) >= 11 is 0. The van der Waals surface area contributed by atoms with E-state index in [2.05, 4.69) is 269 Å². The summed E-state index contributed by atoms with van der Waals surface area (Å²) < 4.78 is 0. The maximum absolute atomic E-state index is 2.35. The van der Waals surface area contributed by atoms with Gasteiger partial charge in [-0.2, -0.15) is 0 Å². The van der Waals surface area contributed by atoms with Gasteiger partial charge in [0.15, 0.2) is 0 Å². The Hall–Kier alpha value is -7.59. The summed E-state index contributed by atoms with van der Waals surface area (Å²) in [5.74, 6) is 0. The average Bonchev–Trinajstić information content (AvgIpc) is 4.03. The quantitative estimate of drug-likeness (QED) is 0.133. The van der Waals surface area contributed by atoms with Crippen LogP contribution in [0.1, 0.15) is 106 Å². The van der Waals surface area contributed by atoms with Crippen molar-refractivity contribution in [1.29, 1.82) is 0 Å². The lowest BCUT2D eigenvalue weighted by Gasteiger charge is -2.33. The fraction of sp³-hybridized carbons (Fsp3) is 0.147. The third-order valence-corrected chi connectivity index (χ3v) is 17.3. The molecule has 0 aliphatic heterocycles. The Morgan fingerprint density at radius 1 is 0.263 bits per heavy atom. The molecular weight excluding hydrogens is 1030 g/mol. The maximum atomic E-state index is 2.35. The van der Waals surface area contributed by atoms with E-state index in [1.807, 2.05) is 13.8 Å². The fourth-order valence-corrected chi connectivity index (χ4v) is 13.8. The van der Waals surface area contributed by atoms with Gasteiger partial charge in [-0.25, -0.2) is 0 Å². The summed E-state index contributed by atoms with van der Waals surface area (Å²) in [5.41, 5.74) is 27.5. The van der Waals surface area contributed by atoms with Gasteiger partial charge in [0.1, 0.15) is 0 Å². The molecule has 0 heterocycles. The van der Waals surface area contributed by atoms with E-state index in [1.165, 1.54) is 122 Å².